The molecule has 172 valence electrons. The second-order valence-corrected chi connectivity index (χ2v) is 7.54. The number of ether oxygens (including phenoxy) is 2. The molecule has 11 heteroatoms. The quantitative estimate of drug-likeness (QED) is 0.359. The minimum atomic E-state index is -0.585. The minimum Gasteiger partial charge on any atom is -0.508 e. The smallest absolute Gasteiger partial charge is 0.320 e. The monoisotopic (exact) mass is 453 g/mol. The number of carbonyl (C=O) groups is 2. The summed E-state index contributed by atoms with van der Waals surface area (Å²) in [6.07, 6.45) is 4.39. The highest BCUT2D eigenvalue weighted by atomic mass is 16.5. The van der Waals surface area contributed by atoms with Crippen LogP contribution in [0.2, 0.25) is 0 Å². The Morgan fingerprint density at radius 3 is 2.42 bits per heavy atom. The van der Waals surface area contributed by atoms with Crippen molar-refractivity contribution >= 4 is 29.3 Å². The van der Waals surface area contributed by atoms with Gasteiger partial charge in [0.1, 0.15) is 11.9 Å². The van der Waals surface area contributed by atoms with Crippen LogP contribution < -0.4 is 15.4 Å². The third-order valence-electron chi connectivity index (χ3n) is 5.23. The summed E-state index contributed by atoms with van der Waals surface area (Å²) in [6, 6.07) is 9.60. The molecule has 0 aliphatic heterocycles. The van der Waals surface area contributed by atoms with Crippen LogP contribution in [0.3, 0.4) is 0 Å². The number of esters is 1. The molecule has 4 rings (SSSR count). The lowest BCUT2D eigenvalue weighted by molar-refractivity contribution is -0.147. The Hall–Kier alpha value is -4.15. The molecular weight excluding hydrogens is 430 g/mol. The zero-order valence-corrected chi connectivity index (χ0v) is 17.9. The van der Waals surface area contributed by atoms with Gasteiger partial charge in [0.25, 0.3) is 0 Å². The molecule has 33 heavy (non-hydrogen) atoms. The normalized spacial score (nSPS) is 17.7. The van der Waals surface area contributed by atoms with E-state index in [1.807, 2.05) is 0 Å². The fourth-order valence-electron chi connectivity index (χ4n) is 3.50. The van der Waals surface area contributed by atoms with Gasteiger partial charge < -0.3 is 29.6 Å². The van der Waals surface area contributed by atoms with E-state index >= 15 is 0 Å². The third kappa shape index (κ3) is 5.76. The highest BCUT2D eigenvalue weighted by molar-refractivity contribution is 6.00. The molecule has 0 spiro atoms. The topological polar surface area (TPSA) is 149 Å². The number of pyridine rings is 1. The summed E-state index contributed by atoms with van der Waals surface area (Å²) in [5.74, 6) is -0.482. The van der Waals surface area contributed by atoms with Crippen LogP contribution in [0.4, 0.5) is 17.4 Å². The van der Waals surface area contributed by atoms with E-state index in [9.17, 15) is 14.7 Å². The second-order valence-electron chi connectivity index (χ2n) is 7.54. The van der Waals surface area contributed by atoms with Crippen molar-refractivity contribution in [3.63, 3.8) is 0 Å². The van der Waals surface area contributed by atoms with Gasteiger partial charge in [-0.15, -0.1) is 5.10 Å². The van der Waals surface area contributed by atoms with Gasteiger partial charge in [0.2, 0.25) is 5.88 Å². The average molecular weight is 453 g/mol. The molecule has 3 N–H and O–H groups in total. The number of hydrogen-bond donors (Lipinski definition) is 3. The highest BCUT2D eigenvalue weighted by Crippen LogP contribution is 2.28. The van der Waals surface area contributed by atoms with Crippen molar-refractivity contribution in [2.75, 3.05) is 17.7 Å². The molecule has 0 bridgehead atoms. The van der Waals surface area contributed by atoms with Crippen LogP contribution in [0.15, 0.2) is 47.0 Å². The summed E-state index contributed by atoms with van der Waals surface area (Å²) in [4.78, 5) is 28.2. The Balaban J connectivity index is 1.27. The number of methoxy groups -OCH3 is 1. The second kappa shape index (κ2) is 9.98. The van der Waals surface area contributed by atoms with Gasteiger partial charge in [-0.3, -0.25) is 9.59 Å². The fourth-order valence-corrected chi connectivity index (χ4v) is 3.50. The van der Waals surface area contributed by atoms with E-state index in [1.54, 1.807) is 24.3 Å². The summed E-state index contributed by atoms with van der Waals surface area (Å²) in [5, 5.41) is 22.3. The number of amides is 1. The Morgan fingerprint density at radius 1 is 1.03 bits per heavy atom. The molecule has 11 nitrogen and oxygen atoms in total. The van der Waals surface area contributed by atoms with E-state index in [2.05, 4.69) is 25.8 Å². The maximum Gasteiger partial charge on any atom is 0.320 e. The molecule has 1 aromatic carbocycles. The van der Waals surface area contributed by atoms with Gasteiger partial charge >= 0.3 is 23.8 Å². The molecule has 1 aliphatic carbocycles. The van der Waals surface area contributed by atoms with Crippen LogP contribution in [-0.2, 0) is 9.53 Å². The predicted octanol–water partition coefficient (Wildman–Crippen LogP) is 3.28. The summed E-state index contributed by atoms with van der Waals surface area (Å²) in [5.41, 5.74) is 1.05. The lowest BCUT2D eigenvalue weighted by Gasteiger charge is -2.27. The van der Waals surface area contributed by atoms with Crippen LogP contribution in [-0.4, -0.2) is 45.4 Å². The largest absolute Gasteiger partial charge is 0.508 e. The minimum absolute atomic E-state index is 0.0169. The van der Waals surface area contributed by atoms with E-state index in [0.717, 1.165) is 25.7 Å². The Morgan fingerprint density at radius 2 is 1.76 bits per heavy atom. The maximum atomic E-state index is 12.4. The third-order valence-corrected chi connectivity index (χ3v) is 5.23. The van der Waals surface area contributed by atoms with Gasteiger partial charge in [-0.05, 0) is 56.0 Å². The SMILES string of the molecule is COC(=O)C1CCC(Oc2ccc(NC(=O)c3nnc(Nc4ccc(O)cc4)o3)cn2)CC1. The van der Waals surface area contributed by atoms with Crippen molar-refractivity contribution in [1.29, 1.82) is 0 Å². The van der Waals surface area contributed by atoms with Crippen molar-refractivity contribution < 1.29 is 28.6 Å². The van der Waals surface area contributed by atoms with Gasteiger partial charge in [0.05, 0.1) is 24.9 Å². The van der Waals surface area contributed by atoms with Crippen LogP contribution in [0.1, 0.15) is 36.4 Å². The fraction of sp³-hybridized carbons (Fsp3) is 0.318. The van der Waals surface area contributed by atoms with Crippen LogP contribution >= 0.6 is 0 Å². The molecule has 2 aromatic heterocycles. The summed E-state index contributed by atoms with van der Waals surface area (Å²) in [7, 11) is 1.40. The summed E-state index contributed by atoms with van der Waals surface area (Å²) in [6.45, 7) is 0. The van der Waals surface area contributed by atoms with Crippen LogP contribution in [0.25, 0.3) is 0 Å². The lowest BCUT2D eigenvalue weighted by Crippen LogP contribution is -2.28. The Labute approximate surface area is 189 Å². The molecule has 1 saturated carbocycles. The summed E-state index contributed by atoms with van der Waals surface area (Å²) >= 11 is 0. The molecule has 0 unspecified atom stereocenters. The summed E-state index contributed by atoms with van der Waals surface area (Å²) < 4.78 is 16.0. The first-order valence-corrected chi connectivity index (χ1v) is 10.4. The van der Waals surface area contributed by atoms with Gasteiger partial charge in [-0.2, -0.15) is 0 Å². The highest BCUT2D eigenvalue weighted by Gasteiger charge is 2.28. The first kappa shape index (κ1) is 22.1. The molecule has 0 radical (unpaired) electrons. The van der Waals surface area contributed by atoms with Crippen molar-refractivity contribution in [3.8, 4) is 11.6 Å². The lowest BCUT2D eigenvalue weighted by atomic mass is 9.87. The van der Waals surface area contributed by atoms with E-state index < -0.39 is 5.91 Å². The predicted molar refractivity (Wildman–Crippen MR) is 116 cm³/mol. The number of phenols is 1. The van der Waals surface area contributed by atoms with E-state index in [0.29, 0.717) is 17.3 Å². The average Bonchev–Trinajstić information content (AvgIpc) is 3.30. The Bertz CT molecular complexity index is 1090. The van der Waals surface area contributed by atoms with Crippen molar-refractivity contribution in [2.24, 2.45) is 5.92 Å². The van der Waals surface area contributed by atoms with Crippen molar-refractivity contribution in [3.05, 3.63) is 48.5 Å². The maximum absolute atomic E-state index is 12.4. The number of anilines is 3. The first-order chi connectivity index (χ1) is 16.0. The van der Waals surface area contributed by atoms with Gasteiger partial charge in [-0.25, -0.2) is 4.98 Å². The number of hydrogen-bond acceptors (Lipinski definition) is 10. The molecule has 2 heterocycles. The van der Waals surface area contributed by atoms with E-state index in [1.165, 1.54) is 25.4 Å². The number of carbonyl (C=O) groups excluding carboxylic acids is 2. The zero-order valence-electron chi connectivity index (χ0n) is 17.9. The van der Waals surface area contributed by atoms with E-state index in [4.69, 9.17) is 13.9 Å². The van der Waals surface area contributed by atoms with E-state index in [-0.39, 0.29) is 35.6 Å². The number of phenolic OH excluding ortho intramolecular Hbond substituents is 1. The molecule has 1 fully saturated rings. The Kier molecular flexibility index (Phi) is 6.67. The number of aromatic hydroxyl groups is 1. The number of nitrogens with one attached hydrogen (secondary N) is 2. The number of aromatic nitrogens is 3. The van der Waals surface area contributed by atoms with Crippen LogP contribution in [0.5, 0.6) is 11.6 Å². The molecule has 3 aromatic rings. The molecule has 0 atom stereocenters. The van der Waals surface area contributed by atoms with Gasteiger partial charge in [0, 0.05) is 11.8 Å². The van der Waals surface area contributed by atoms with Gasteiger partial charge in [-0.1, -0.05) is 5.10 Å². The molecule has 1 aliphatic rings. The number of rotatable bonds is 7. The number of nitrogens with zero attached hydrogens (tertiary/aromatic N) is 3. The molecular formula is C22H23N5O6. The first-order valence-electron chi connectivity index (χ1n) is 10.4. The van der Waals surface area contributed by atoms with Crippen LogP contribution in [0, 0.1) is 5.92 Å². The standard InChI is InChI=1S/C22H23N5O6/c1-31-21(30)13-2-9-17(10-3-13)32-18-11-6-15(12-23-18)24-19(29)20-26-27-22(33-20)25-14-4-7-16(28)8-5-14/h4-8,11-13,17,28H,2-3,9-10H2,1H3,(H,24,29)(H,25,27). The molecule has 1 amide bonds. The molecule has 0 saturated heterocycles. The van der Waals surface area contributed by atoms with Crippen molar-refractivity contribution in [1.82, 2.24) is 15.2 Å². The van der Waals surface area contributed by atoms with Crippen molar-refractivity contribution in [2.45, 2.75) is 31.8 Å². The zero-order chi connectivity index (χ0) is 23.2. The number of benzene rings is 1. The van der Waals surface area contributed by atoms with Gasteiger partial charge in [0.15, 0.2) is 0 Å².